The van der Waals surface area contributed by atoms with Gasteiger partial charge in [0.25, 0.3) is 0 Å². The average Bonchev–Trinajstić information content (AvgIpc) is 2.87. The molecule has 6 nitrogen and oxygen atoms in total. The van der Waals surface area contributed by atoms with E-state index in [1.807, 2.05) is 0 Å². The van der Waals surface area contributed by atoms with Crippen molar-refractivity contribution in [2.24, 2.45) is 0 Å². The number of hydrogen-bond acceptors (Lipinski definition) is 6. The summed E-state index contributed by atoms with van der Waals surface area (Å²) in [6, 6.07) is 2.10. The molecule has 0 saturated carbocycles. The summed E-state index contributed by atoms with van der Waals surface area (Å²) in [5, 5.41) is 0. The highest BCUT2D eigenvalue weighted by Crippen LogP contribution is 2.41. The molecule has 0 fully saturated rings. The maximum atomic E-state index is 13.8. The van der Waals surface area contributed by atoms with Crippen LogP contribution in [0.25, 0.3) is 0 Å². The molecule has 0 aromatic heterocycles. The quantitative estimate of drug-likeness (QED) is 0.641. The summed E-state index contributed by atoms with van der Waals surface area (Å²) in [4.78, 5) is 25.5. The van der Waals surface area contributed by atoms with Crippen LogP contribution in [0, 0.1) is 5.82 Å². The summed E-state index contributed by atoms with van der Waals surface area (Å²) in [6.07, 6.45) is 5.46. The van der Waals surface area contributed by atoms with Crippen LogP contribution in [-0.2, 0) is 19.1 Å². The number of benzene rings is 1. The summed E-state index contributed by atoms with van der Waals surface area (Å²) in [5.41, 5.74) is -0.657. The Morgan fingerprint density at radius 1 is 1.11 bits per heavy atom. The Bertz CT molecular complexity index is 851. The molecular weight excluding hydrogens is 435 g/mol. The number of carbonyl (C=O) groups excluding carboxylic acids is 2. The number of rotatable bonds is 5. The maximum absolute atomic E-state index is 13.8. The summed E-state index contributed by atoms with van der Waals surface area (Å²) in [6.45, 7) is -3.26. The second-order valence-electron chi connectivity index (χ2n) is 4.90. The first-order valence-corrected chi connectivity index (χ1v) is 8.08. The van der Waals surface area contributed by atoms with Crippen LogP contribution in [0.15, 0.2) is 52.3 Å². The van der Waals surface area contributed by atoms with Crippen molar-refractivity contribution in [3.63, 3.8) is 0 Å². The Balaban J connectivity index is 2.76. The number of ether oxygens (including phenoxy) is 3. The van der Waals surface area contributed by atoms with Crippen molar-refractivity contribution in [3.05, 3.63) is 58.1 Å². The minimum absolute atomic E-state index is 0.134. The number of carbonyl (C=O) groups is 2. The smallest absolute Gasteiger partial charge is 0.387 e. The fourth-order valence-corrected chi connectivity index (χ4v) is 2.69. The van der Waals surface area contributed by atoms with Gasteiger partial charge in [0.15, 0.2) is 5.75 Å². The molecule has 0 atom stereocenters. The van der Waals surface area contributed by atoms with E-state index < -0.39 is 30.1 Å². The molecule has 1 aromatic rings. The first kappa shape index (κ1) is 20.6. The third-order valence-electron chi connectivity index (χ3n) is 3.38. The molecule has 1 heterocycles. The number of allylic oxidation sites excluding steroid dienone is 2. The van der Waals surface area contributed by atoms with E-state index in [0.717, 1.165) is 31.3 Å². The molecule has 0 spiro atoms. The summed E-state index contributed by atoms with van der Waals surface area (Å²) in [5.74, 6) is -3.24. The lowest BCUT2D eigenvalue weighted by Crippen LogP contribution is -2.27. The Labute approximate surface area is 160 Å². The topological polar surface area (TPSA) is 65.1 Å². The number of hydrogen-bond donors (Lipinski definition) is 0. The predicted octanol–water partition coefficient (Wildman–Crippen LogP) is 3.68. The van der Waals surface area contributed by atoms with E-state index in [1.54, 1.807) is 0 Å². The molecule has 0 aliphatic carbocycles. The second kappa shape index (κ2) is 8.76. The minimum Gasteiger partial charge on any atom is -0.465 e. The zero-order valence-electron chi connectivity index (χ0n) is 14.0. The number of anilines is 1. The van der Waals surface area contributed by atoms with Crippen molar-refractivity contribution in [1.29, 1.82) is 0 Å². The normalized spacial score (nSPS) is 13.7. The van der Waals surface area contributed by atoms with E-state index in [2.05, 4.69) is 25.4 Å². The Kier molecular flexibility index (Phi) is 6.67. The van der Waals surface area contributed by atoms with E-state index in [-0.39, 0.29) is 21.4 Å². The molecule has 27 heavy (non-hydrogen) atoms. The second-order valence-corrected chi connectivity index (χ2v) is 5.70. The van der Waals surface area contributed by atoms with Gasteiger partial charge in [-0.05, 0) is 40.2 Å². The molecule has 2 rings (SSSR count). The van der Waals surface area contributed by atoms with Crippen LogP contribution >= 0.6 is 15.9 Å². The molecule has 1 aliphatic heterocycles. The van der Waals surface area contributed by atoms with E-state index in [9.17, 15) is 22.8 Å². The molecule has 1 aliphatic rings. The first-order valence-electron chi connectivity index (χ1n) is 7.29. The zero-order valence-corrected chi connectivity index (χ0v) is 15.6. The summed E-state index contributed by atoms with van der Waals surface area (Å²) >= 11 is 2.85. The molecule has 1 aromatic carbocycles. The zero-order chi connectivity index (χ0) is 20.1. The van der Waals surface area contributed by atoms with Crippen LogP contribution in [0.2, 0.25) is 0 Å². The van der Waals surface area contributed by atoms with Crippen LogP contribution in [0.4, 0.5) is 18.9 Å². The third-order valence-corrected chi connectivity index (χ3v) is 4.12. The van der Waals surface area contributed by atoms with Gasteiger partial charge in [0.05, 0.1) is 30.0 Å². The molecule has 0 amide bonds. The van der Waals surface area contributed by atoms with E-state index in [1.165, 1.54) is 24.4 Å². The van der Waals surface area contributed by atoms with Crippen molar-refractivity contribution in [1.82, 2.24) is 0 Å². The highest BCUT2D eigenvalue weighted by Gasteiger charge is 2.30. The van der Waals surface area contributed by atoms with Crippen LogP contribution < -0.4 is 9.64 Å². The number of esters is 2. The molecule has 144 valence electrons. The average molecular weight is 448 g/mol. The molecule has 0 bridgehead atoms. The van der Waals surface area contributed by atoms with E-state index in [0.29, 0.717) is 0 Å². The van der Waals surface area contributed by atoms with E-state index in [4.69, 9.17) is 4.74 Å². The van der Waals surface area contributed by atoms with Gasteiger partial charge in [-0.25, -0.2) is 14.0 Å². The standard InChI is InChI=1S/C17H13BrF3NO5/c1-25-15(23)9-5-3-4-8-22(13(9)16(24)26-2)11-7-6-10(19)12(18)14(11)27-17(20)21/h3-8,17H,1-2H3. The first-order chi connectivity index (χ1) is 12.8. The molecule has 0 unspecified atom stereocenters. The minimum atomic E-state index is -3.26. The van der Waals surface area contributed by atoms with Crippen molar-refractivity contribution in [2.75, 3.05) is 19.1 Å². The largest absolute Gasteiger partial charge is 0.465 e. The van der Waals surface area contributed by atoms with Crippen LogP contribution in [0.3, 0.4) is 0 Å². The lowest BCUT2D eigenvalue weighted by molar-refractivity contribution is -0.139. The molecule has 10 heteroatoms. The Morgan fingerprint density at radius 3 is 2.37 bits per heavy atom. The number of methoxy groups -OCH3 is 2. The summed E-state index contributed by atoms with van der Waals surface area (Å²) < 4.78 is 53.0. The SMILES string of the molecule is COC(=O)C1=C(C(=O)OC)N(c2ccc(F)c(Br)c2OC(F)F)C=CC=C1. The number of nitrogens with zero attached hydrogens (tertiary/aromatic N) is 1. The molecular formula is C17H13BrF3NO5. The van der Waals surface area contributed by atoms with E-state index >= 15 is 0 Å². The van der Waals surface area contributed by atoms with Crippen LogP contribution in [0.5, 0.6) is 5.75 Å². The fraction of sp³-hybridized carbons (Fsp3) is 0.176. The Morgan fingerprint density at radius 2 is 1.78 bits per heavy atom. The fourth-order valence-electron chi connectivity index (χ4n) is 2.26. The number of alkyl halides is 2. The van der Waals surface area contributed by atoms with Gasteiger partial charge in [-0.3, -0.25) is 0 Å². The predicted molar refractivity (Wildman–Crippen MR) is 92.5 cm³/mol. The van der Waals surface area contributed by atoms with Gasteiger partial charge in [0.1, 0.15) is 11.5 Å². The molecule has 0 radical (unpaired) electrons. The van der Waals surface area contributed by atoms with Crippen LogP contribution in [-0.4, -0.2) is 32.8 Å². The monoisotopic (exact) mass is 447 g/mol. The van der Waals surface area contributed by atoms with Gasteiger partial charge >= 0.3 is 18.6 Å². The van der Waals surface area contributed by atoms with Crippen molar-refractivity contribution in [2.45, 2.75) is 6.61 Å². The van der Waals surface area contributed by atoms with Gasteiger partial charge in [-0.1, -0.05) is 6.08 Å². The van der Waals surface area contributed by atoms with Crippen molar-refractivity contribution >= 4 is 33.6 Å². The highest BCUT2D eigenvalue weighted by molar-refractivity contribution is 9.10. The maximum Gasteiger partial charge on any atom is 0.387 e. The highest BCUT2D eigenvalue weighted by atomic mass is 79.9. The van der Waals surface area contributed by atoms with Crippen molar-refractivity contribution in [3.8, 4) is 5.75 Å². The van der Waals surface area contributed by atoms with Crippen molar-refractivity contribution < 1.29 is 37.0 Å². The lowest BCUT2D eigenvalue weighted by Gasteiger charge is -2.25. The molecule has 0 N–H and O–H groups in total. The van der Waals surface area contributed by atoms with Crippen LogP contribution in [0.1, 0.15) is 0 Å². The van der Waals surface area contributed by atoms with Gasteiger partial charge in [0.2, 0.25) is 0 Å². The van der Waals surface area contributed by atoms with Gasteiger partial charge in [0, 0.05) is 6.20 Å². The number of halogens is 4. The van der Waals surface area contributed by atoms with Gasteiger partial charge < -0.3 is 19.1 Å². The Hall–Kier alpha value is -2.75. The lowest BCUT2D eigenvalue weighted by atomic mass is 10.1. The van der Waals surface area contributed by atoms with Gasteiger partial charge in [-0.15, -0.1) is 0 Å². The van der Waals surface area contributed by atoms with Gasteiger partial charge in [-0.2, -0.15) is 8.78 Å². The summed E-state index contributed by atoms with van der Waals surface area (Å²) in [7, 11) is 2.19. The third kappa shape index (κ3) is 4.33. The molecule has 0 saturated heterocycles.